The third-order valence-electron chi connectivity index (χ3n) is 2.01. The first kappa shape index (κ1) is 12.7. The maximum Gasteiger partial charge on any atom is 0.228 e. The number of nitrogens with two attached hydrogens (primary N) is 1. The Labute approximate surface area is 99.4 Å². The monoisotopic (exact) mass is 242 g/mol. The minimum atomic E-state index is -0.0509. The lowest BCUT2D eigenvalue weighted by molar-refractivity contribution is -0.117. The van der Waals surface area contributed by atoms with Gasteiger partial charge in [-0.3, -0.25) is 4.79 Å². The van der Waals surface area contributed by atoms with Crippen molar-refractivity contribution in [3.63, 3.8) is 0 Å². The minimum Gasteiger partial charge on any atom is -0.382 e. The molecule has 0 spiro atoms. The number of nitrogens with zero attached hydrogens (tertiary/aromatic N) is 2. The number of nitrogen functional groups attached to an aromatic ring is 1. The number of hydrogen-bond donors (Lipinski definition) is 2. The minimum absolute atomic E-state index is 0.0509. The van der Waals surface area contributed by atoms with Crippen molar-refractivity contribution in [1.82, 2.24) is 9.97 Å². The van der Waals surface area contributed by atoms with E-state index in [2.05, 4.69) is 15.3 Å². The summed E-state index contributed by atoms with van der Waals surface area (Å²) in [6.45, 7) is 4.00. The Morgan fingerprint density at radius 3 is 2.69 bits per heavy atom. The van der Waals surface area contributed by atoms with Crippen molar-refractivity contribution >= 4 is 29.1 Å². The van der Waals surface area contributed by atoms with Crippen LogP contribution in [0.25, 0.3) is 0 Å². The quantitative estimate of drug-likeness (QED) is 0.832. The van der Waals surface area contributed by atoms with Crippen LogP contribution in [0, 0.1) is 5.92 Å². The van der Waals surface area contributed by atoms with Gasteiger partial charge in [-0.25, -0.2) is 9.97 Å². The fourth-order valence-electron chi connectivity index (χ4n) is 1.03. The summed E-state index contributed by atoms with van der Waals surface area (Å²) in [6.07, 6.45) is 3.14. The van der Waals surface area contributed by atoms with Crippen LogP contribution in [-0.2, 0) is 4.79 Å². The average Bonchev–Trinajstić information content (AvgIpc) is 3.11. The van der Waals surface area contributed by atoms with E-state index in [0.717, 1.165) is 12.8 Å². The maximum absolute atomic E-state index is 11.4. The molecule has 5 nitrogen and oxygen atoms in total. The molecular weight excluding hydrogens is 228 g/mol. The molecule has 3 N–H and O–H groups in total. The predicted molar refractivity (Wildman–Crippen MR) is 64.2 cm³/mol. The van der Waals surface area contributed by atoms with Crippen molar-refractivity contribution in [1.29, 1.82) is 0 Å². The summed E-state index contributed by atoms with van der Waals surface area (Å²) in [4.78, 5) is 18.9. The molecule has 1 aromatic heterocycles. The van der Waals surface area contributed by atoms with E-state index in [0.29, 0.717) is 0 Å². The largest absolute Gasteiger partial charge is 0.382 e. The standard InChI is InChI=1S/C8H9ClN4O.C2H6/c9-5-6(10)11-3-12-7(5)13-8(14)4-1-2-4;1-2/h3-4H,1-2H2,(H3,10,11,12,13,14);1-2H3. The number of nitrogens with one attached hydrogen (secondary N) is 1. The van der Waals surface area contributed by atoms with Crippen molar-refractivity contribution in [2.24, 2.45) is 5.92 Å². The van der Waals surface area contributed by atoms with Crippen molar-refractivity contribution < 1.29 is 4.79 Å². The van der Waals surface area contributed by atoms with Crippen molar-refractivity contribution in [3.8, 4) is 0 Å². The number of hydrogen-bond acceptors (Lipinski definition) is 4. The van der Waals surface area contributed by atoms with Gasteiger partial charge >= 0.3 is 0 Å². The Hall–Kier alpha value is -1.36. The molecule has 1 aromatic rings. The molecule has 1 amide bonds. The molecule has 0 saturated heterocycles. The van der Waals surface area contributed by atoms with Crippen LogP contribution < -0.4 is 11.1 Å². The molecule has 16 heavy (non-hydrogen) atoms. The third kappa shape index (κ3) is 3.06. The van der Waals surface area contributed by atoms with Gasteiger partial charge in [0.15, 0.2) is 5.82 Å². The Morgan fingerprint density at radius 1 is 1.50 bits per heavy atom. The van der Waals surface area contributed by atoms with Crippen LogP contribution in [-0.4, -0.2) is 15.9 Å². The Kier molecular flexibility index (Phi) is 4.49. The highest BCUT2D eigenvalue weighted by molar-refractivity contribution is 6.35. The fourth-order valence-corrected chi connectivity index (χ4v) is 1.18. The average molecular weight is 243 g/mol. The molecule has 1 aliphatic carbocycles. The van der Waals surface area contributed by atoms with Gasteiger partial charge in [0.1, 0.15) is 17.2 Å². The molecule has 88 valence electrons. The number of carbonyl (C=O) groups excluding carboxylic acids is 1. The first-order chi connectivity index (χ1) is 7.68. The van der Waals surface area contributed by atoms with E-state index in [9.17, 15) is 4.79 Å². The van der Waals surface area contributed by atoms with Crippen LogP contribution >= 0.6 is 11.6 Å². The Bertz CT molecular complexity index is 379. The van der Waals surface area contributed by atoms with Gasteiger partial charge in [-0.1, -0.05) is 25.4 Å². The van der Waals surface area contributed by atoms with Gasteiger partial charge in [0.25, 0.3) is 0 Å². The Morgan fingerprint density at radius 2 is 2.12 bits per heavy atom. The molecule has 0 atom stereocenters. The zero-order valence-corrected chi connectivity index (χ0v) is 10.1. The van der Waals surface area contributed by atoms with Gasteiger partial charge < -0.3 is 11.1 Å². The zero-order valence-electron chi connectivity index (χ0n) is 9.33. The van der Waals surface area contributed by atoms with Crippen LogP contribution in [0.1, 0.15) is 26.7 Å². The molecular formula is C10H15ClN4O. The van der Waals surface area contributed by atoms with Gasteiger partial charge in [0, 0.05) is 5.92 Å². The van der Waals surface area contributed by atoms with Gasteiger partial charge in [-0.15, -0.1) is 0 Å². The molecule has 0 aliphatic heterocycles. The summed E-state index contributed by atoms with van der Waals surface area (Å²) < 4.78 is 0. The lowest BCUT2D eigenvalue weighted by Crippen LogP contribution is -2.15. The molecule has 0 bridgehead atoms. The Balaban J connectivity index is 0.000000606. The van der Waals surface area contributed by atoms with Crippen LogP contribution in [0.5, 0.6) is 0 Å². The van der Waals surface area contributed by atoms with Crippen LogP contribution in [0.15, 0.2) is 6.33 Å². The van der Waals surface area contributed by atoms with Gasteiger partial charge in [-0.05, 0) is 12.8 Å². The van der Waals surface area contributed by atoms with Crippen LogP contribution in [0.4, 0.5) is 11.6 Å². The number of aromatic nitrogens is 2. The molecule has 0 aromatic carbocycles. The second-order valence-electron chi connectivity index (χ2n) is 3.19. The van der Waals surface area contributed by atoms with E-state index in [1.165, 1.54) is 6.33 Å². The predicted octanol–water partition coefficient (Wildman–Crippen LogP) is 2.09. The van der Waals surface area contributed by atoms with Gasteiger partial charge in [-0.2, -0.15) is 0 Å². The van der Waals surface area contributed by atoms with E-state index in [-0.39, 0.29) is 28.5 Å². The van der Waals surface area contributed by atoms with Crippen LogP contribution in [0.3, 0.4) is 0 Å². The molecule has 2 rings (SSSR count). The maximum atomic E-state index is 11.4. The smallest absolute Gasteiger partial charge is 0.228 e. The molecule has 1 aliphatic rings. The number of carbonyl (C=O) groups is 1. The zero-order chi connectivity index (χ0) is 12.1. The van der Waals surface area contributed by atoms with E-state index in [1.54, 1.807) is 0 Å². The summed E-state index contributed by atoms with van der Waals surface area (Å²) in [7, 11) is 0. The summed E-state index contributed by atoms with van der Waals surface area (Å²) in [6, 6.07) is 0. The molecule has 6 heteroatoms. The van der Waals surface area contributed by atoms with Crippen LogP contribution in [0.2, 0.25) is 5.02 Å². The number of halogens is 1. The second-order valence-corrected chi connectivity index (χ2v) is 3.56. The van der Waals surface area contributed by atoms with E-state index in [1.807, 2.05) is 13.8 Å². The first-order valence-corrected chi connectivity index (χ1v) is 5.63. The van der Waals surface area contributed by atoms with Gasteiger partial charge in [0.2, 0.25) is 5.91 Å². The topological polar surface area (TPSA) is 80.9 Å². The fraction of sp³-hybridized carbons (Fsp3) is 0.500. The SMILES string of the molecule is CC.Nc1ncnc(NC(=O)C2CC2)c1Cl. The van der Waals surface area contributed by atoms with Crippen molar-refractivity contribution in [3.05, 3.63) is 11.3 Å². The van der Waals surface area contributed by atoms with E-state index in [4.69, 9.17) is 17.3 Å². The van der Waals surface area contributed by atoms with E-state index >= 15 is 0 Å². The highest BCUT2D eigenvalue weighted by Gasteiger charge is 2.30. The molecule has 1 fully saturated rings. The van der Waals surface area contributed by atoms with E-state index < -0.39 is 0 Å². The highest BCUT2D eigenvalue weighted by atomic mass is 35.5. The number of amides is 1. The lowest BCUT2D eigenvalue weighted by Gasteiger charge is -2.05. The van der Waals surface area contributed by atoms with Crippen molar-refractivity contribution in [2.45, 2.75) is 26.7 Å². The molecule has 0 radical (unpaired) electrons. The molecule has 1 heterocycles. The lowest BCUT2D eigenvalue weighted by atomic mass is 10.4. The first-order valence-electron chi connectivity index (χ1n) is 5.25. The molecule has 1 saturated carbocycles. The summed E-state index contributed by atoms with van der Waals surface area (Å²) >= 11 is 5.80. The number of rotatable bonds is 2. The summed E-state index contributed by atoms with van der Waals surface area (Å²) in [5, 5.41) is 2.81. The van der Waals surface area contributed by atoms with Crippen molar-refractivity contribution in [2.75, 3.05) is 11.1 Å². The second kappa shape index (κ2) is 5.65. The summed E-state index contributed by atoms with van der Waals surface area (Å²) in [5.74, 6) is 0.524. The third-order valence-corrected chi connectivity index (χ3v) is 2.38. The molecule has 0 unspecified atom stereocenters. The normalized spacial score (nSPS) is 13.7. The summed E-state index contributed by atoms with van der Waals surface area (Å²) in [5.41, 5.74) is 5.45. The highest BCUT2D eigenvalue weighted by Crippen LogP contribution is 2.31. The number of anilines is 2. The van der Waals surface area contributed by atoms with Gasteiger partial charge in [0.05, 0.1) is 0 Å².